The Hall–Kier alpha value is -2.95. The summed E-state index contributed by atoms with van der Waals surface area (Å²) >= 11 is 0. The number of fused-ring (bicyclic) bond motifs is 1. The molecule has 0 aliphatic carbocycles. The Kier molecular flexibility index (Phi) is 3.84. The predicted molar refractivity (Wildman–Crippen MR) is 96.1 cm³/mol. The minimum absolute atomic E-state index is 0.112. The fourth-order valence-corrected chi connectivity index (χ4v) is 3.46. The maximum Gasteiger partial charge on any atom is 0.277 e. The number of halogens is 1. The van der Waals surface area contributed by atoms with Crippen molar-refractivity contribution in [3.05, 3.63) is 77.2 Å². The van der Waals surface area contributed by atoms with Crippen LogP contribution >= 0.6 is 0 Å². The normalized spacial score (nSPS) is 20.1. The molecule has 0 aromatic heterocycles. The highest BCUT2D eigenvalue weighted by molar-refractivity contribution is 6.53. The van der Waals surface area contributed by atoms with Gasteiger partial charge in [-0.15, -0.1) is 0 Å². The van der Waals surface area contributed by atoms with Gasteiger partial charge >= 0.3 is 0 Å². The number of para-hydroxylation sites is 1. The van der Waals surface area contributed by atoms with Gasteiger partial charge in [-0.3, -0.25) is 14.7 Å². The maximum absolute atomic E-state index is 13.4. The first-order valence-electron chi connectivity index (χ1n) is 8.30. The van der Waals surface area contributed by atoms with E-state index in [0.29, 0.717) is 18.8 Å². The molecule has 1 atom stereocenters. The molecule has 5 heteroatoms. The lowest BCUT2D eigenvalue weighted by Crippen LogP contribution is -2.30. The molecule has 2 aromatic carbocycles. The standard InChI is InChI=1S/C20H18FN3O/c1-13-17-18(23-12-11-22-13)20(25)24(16-5-3-2-4-6-16)19(17)14-7-9-15(21)10-8-14/h2-10,19,22H,11-12H2,1H3. The molecule has 2 aliphatic rings. The van der Waals surface area contributed by atoms with E-state index in [0.717, 1.165) is 22.5 Å². The summed E-state index contributed by atoms with van der Waals surface area (Å²) in [6.45, 7) is 3.22. The van der Waals surface area contributed by atoms with Crippen LogP contribution in [0, 0.1) is 5.82 Å². The number of hydrogen-bond donors (Lipinski definition) is 1. The van der Waals surface area contributed by atoms with Crippen LogP contribution in [0.3, 0.4) is 0 Å². The molecular weight excluding hydrogens is 317 g/mol. The summed E-state index contributed by atoms with van der Waals surface area (Å²) in [6.07, 6.45) is 0. The van der Waals surface area contributed by atoms with Crippen molar-refractivity contribution in [1.82, 2.24) is 5.32 Å². The van der Waals surface area contributed by atoms with E-state index in [2.05, 4.69) is 10.3 Å². The summed E-state index contributed by atoms with van der Waals surface area (Å²) in [5.74, 6) is -0.406. The van der Waals surface area contributed by atoms with Crippen LogP contribution in [0.15, 0.2) is 70.9 Å². The van der Waals surface area contributed by atoms with Gasteiger partial charge in [0.15, 0.2) is 0 Å². The van der Waals surface area contributed by atoms with E-state index in [-0.39, 0.29) is 17.8 Å². The zero-order chi connectivity index (χ0) is 17.4. The molecule has 2 heterocycles. The third-order valence-electron chi connectivity index (χ3n) is 4.60. The molecule has 25 heavy (non-hydrogen) atoms. The Balaban J connectivity index is 1.93. The molecule has 4 nitrogen and oxygen atoms in total. The quantitative estimate of drug-likeness (QED) is 0.916. The molecule has 0 radical (unpaired) electrons. The fourth-order valence-electron chi connectivity index (χ4n) is 3.46. The van der Waals surface area contributed by atoms with Crippen LogP contribution in [0.2, 0.25) is 0 Å². The van der Waals surface area contributed by atoms with Crippen LogP contribution in [0.25, 0.3) is 0 Å². The second kappa shape index (κ2) is 6.16. The van der Waals surface area contributed by atoms with Crippen LogP contribution in [0.4, 0.5) is 10.1 Å². The van der Waals surface area contributed by atoms with Gasteiger partial charge in [0.25, 0.3) is 5.91 Å². The predicted octanol–water partition coefficient (Wildman–Crippen LogP) is 3.23. The smallest absolute Gasteiger partial charge is 0.277 e. The van der Waals surface area contributed by atoms with Crippen LogP contribution in [0.1, 0.15) is 18.5 Å². The topological polar surface area (TPSA) is 44.7 Å². The first-order valence-corrected chi connectivity index (χ1v) is 8.30. The van der Waals surface area contributed by atoms with E-state index in [9.17, 15) is 9.18 Å². The average Bonchev–Trinajstić information content (AvgIpc) is 2.78. The van der Waals surface area contributed by atoms with E-state index >= 15 is 0 Å². The molecule has 2 aromatic rings. The van der Waals surface area contributed by atoms with Gasteiger partial charge in [-0.2, -0.15) is 0 Å². The molecule has 4 rings (SSSR count). The van der Waals surface area contributed by atoms with Gasteiger partial charge in [-0.1, -0.05) is 30.3 Å². The molecular formula is C20H18FN3O. The van der Waals surface area contributed by atoms with Gasteiger partial charge in [0.1, 0.15) is 11.5 Å². The van der Waals surface area contributed by atoms with Gasteiger partial charge in [-0.25, -0.2) is 4.39 Å². The molecule has 0 saturated carbocycles. The Morgan fingerprint density at radius 3 is 2.56 bits per heavy atom. The lowest BCUT2D eigenvalue weighted by Gasteiger charge is -2.26. The van der Waals surface area contributed by atoms with Gasteiger partial charge in [0.2, 0.25) is 0 Å². The number of allylic oxidation sites excluding steroid dienone is 1. The maximum atomic E-state index is 13.4. The average molecular weight is 335 g/mol. The molecule has 1 saturated heterocycles. The Morgan fingerprint density at radius 1 is 1.12 bits per heavy atom. The third kappa shape index (κ3) is 2.61. The summed E-state index contributed by atoms with van der Waals surface area (Å²) in [7, 11) is 0. The van der Waals surface area contributed by atoms with Crippen LogP contribution in [-0.2, 0) is 4.79 Å². The van der Waals surface area contributed by atoms with Crippen molar-refractivity contribution in [2.24, 2.45) is 4.99 Å². The van der Waals surface area contributed by atoms with Gasteiger partial charge in [-0.05, 0) is 36.8 Å². The zero-order valence-electron chi connectivity index (χ0n) is 13.9. The lowest BCUT2D eigenvalue weighted by molar-refractivity contribution is -0.112. The van der Waals surface area contributed by atoms with Crippen molar-refractivity contribution >= 4 is 17.3 Å². The van der Waals surface area contributed by atoms with Gasteiger partial charge < -0.3 is 5.32 Å². The summed E-state index contributed by atoms with van der Waals surface area (Å²) in [5, 5.41) is 3.33. The van der Waals surface area contributed by atoms with Crippen molar-refractivity contribution in [2.45, 2.75) is 13.0 Å². The second-order valence-electron chi connectivity index (χ2n) is 6.16. The SMILES string of the molecule is CC1=C2C(=NCCN1)C(=O)N(c1ccccc1)C2c1ccc(F)cc1. The Morgan fingerprint density at radius 2 is 1.84 bits per heavy atom. The number of amides is 1. The number of rotatable bonds is 2. The molecule has 1 unspecified atom stereocenters. The summed E-state index contributed by atoms with van der Waals surface area (Å²) in [6, 6.07) is 15.5. The molecule has 1 N–H and O–H groups in total. The van der Waals surface area contributed by atoms with Crippen molar-refractivity contribution < 1.29 is 9.18 Å². The molecule has 126 valence electrons. The van der Waals surface area contributed by atoms with E-state index in [1.165, 1.54) is 12.1 Å². The van der Waals surface area contributed by atoms with E-state index in [1.54, 1.807) is 17.0 Å². The van der Waals surface area contributed by atoms with Crippen molar-refractivity contribution in [3.63, 3.8) is 0 Å². The van der Waals surface area contributed by atoms with Gasteiger partial charge in [0, 0.05) is 23.5 Å². The second-order valence-corrected chi connectivity index (χ2v) is 6.16. The van der Waals surface area contributed by atoms with Crippen molar-refractivity contribution in [2.75, 3.05) is 18.0 Å². The van der Waals surface area contributed by atoms with Crippen LogP contribution < -0.4 is 10.2 Å². The highest BCUT2D eigenvalue weighted by Crippen LogP contribution is 2.41. The summed E-state index contributed by atoms with van der Waals surface area (Å²) in [4.78, 5) is 19.4. The number of anilines is 1. The van der Waals surface area contributed by atoms with Crippen molar-refractivity contribution in [3.8, 4) is 0 Å². The number of benzene rings is 2. The highest BCUT2D eigenvalue weighted by Gasteiger charge is 2.44. The fraction of sp³-hybridized carbons (Fsp3) is 0.200. The molecule has 0 bridgehead atoms. The molecule has 1 amide bonds. The number of nitrogens with zero attached hydrogens (tertiary/aromatic N) is 2. The number of nitrogens with one attached hydrogen (secondary N) is 1. The van der Waals surface area contributed by atoms with Crippen molar-refractivity contribution in [1.29, 1.82) is 0 Å². The molecule has 2 aliphatic heterocycles. The van der Waals surface area contributed by atoms with E-state index in [4.69, 9.17) is 0 Å². The minimum Gasteiger partial charge on any atom is -0.386 e. The van der Waals surface area contributed by atoms with Crippen LogP contribution in [-0.4, -0.2) is 24.7 Å². The third-order valence-corrected chi connectivity index (χ3v) is 4.60. The zero-order valence-corrected chi connectivity index (χ0v) is 13.9. The Bertz CT molecular complexity index is 872. The Labute approximate surface area is 145 Å². The molecule has 1 fully saturated rings. The summed E-state index contributed by atoms with van der Waals surface area (Å²) in [5.41, 5.74) is 3.98. The molecule has 0 spiro atoms. The first-order chi connectivity index (χ1) is 12.2. The largest absolute Gasteiger partial charge is 0.386 e. The minimum atomic E-state index is -0.320. The monoisotopic (exact) mass is 335 g/mol. The number of hydrogen-bond acceptors (Lipinski definition) is 3. The van der Waals surface area contributed by atoms with Gasteiger partial charge in [0.05, 0.1) is 12.6 Å². The van der Waals surface area contributed by atoms with E-state index < -0.39 is 0 Å². The lowest BCUT2D eigenvalue weighted by atomic mass is 9.96. The summed E-state index contributed by atoms with van der Waals surface area (Å²) < 4.78 is 13.4. The number of aliphatic imine (C=N–C) groups is 1. The highest BCUT2D eigenvalue weighted by atomic mass is 19.1. The number of carbonyl (C=O) groups excluding carboxylic acids is 1. The van der Waals surface area contributed by atoms with E-state index in [1.807, 2.05) is 37.3 Å². The first kappa shape index (κ1) is 15.6. The van der Waals surface area contributed by atoms with Crippen LogP contribution in [0.5, 0.6) is 0 Å². The number of carbonyl (C=O) groups is 1.